The molecule has 7 N–H and O–H groups in total. The van der Waals surface area contributed by atoms with Gasteiger partial charge in [-0.2, -0.15) is 0 Å². The van der Waals surface area contributed by atoms with Crippen molar-refractivity contribution in [1.82, 2.24) is 31.9 Å². The Bertz CT molecular complexity index is 748. The van der Waals surface area contributed by atoms with E-state index in [0.29, 0.717) is 51.9 Å². The van der Waals surface area contributed by atoms with Crippen molar-refractivity contribution in [2.24, 2.45) is 0 Å². The summed E-state index contributed by atoms with van der Waals surface area (Å²) in [6.07, 6.45) is 7.86. The molecule has 0 unspecified atom stereocenters. The van der Waals surface area contributed by atoms with Crippen LogP contribution >= 0.6 is 0 Å². The zero-order valence-electron chi connectivity index (χ0n) is 23.3. The summed E-state index contributed by atoms with van der Waals surface area (Å²) in [7, 11) is 0. The highest BCUT2D eigenvalue weighted by molar-refractivity contribution is 5.86. The molecule has 0 rings (SSSR count). The predicted octanol–water partition coefficient (Wildman–Crippen LogP) is -0.0573. The van der Waals surface area contributed by atoms with Gasteiger partial charge in [-0.25, -0.2) is 0 Å². The third-order valence-electron chi connectivity index (χ3n) is 5.59. The fraction of sp³-hybridized carbons (Fsp3) is 0.769. The minimum Gasteiger partial charge on any atom is -0.481 e. The molecule has 13 heteroatoms. The molecule has 0 aromatic rings. The molecule has 0 aliphatic carbocycles. The fourth-order valence-corrected chi connectivity index (χ4v) is 3.47. The van der Waals surface area contributed by atoms with E-state index in [0.717, 1.165) is 44.9 Å². The number of unbranched alkanes of at least 4 members (excludes halogenated alkanes) is 6. The average molecular weight is 557 g/mol. The Kier molecular flexibility index (Phi) is 23.0. The first-order valence-electron chi connectivity index (χ1n) is 14.0. The summed E-state index contributed by atoms with van der Waals surface area (Å²) < 4.78 is 0. The Morgan fingerprint density at radius 2 is 0.872 bits per heavy atom. The van der Waals surface area contributed by atoms with E-state index in [4.69, 9.17) is 5.11 Å². The molecule has 0 radical (unpaired) electrons. The molecular weight excluding hydrogens is 508 g/mol. The molecule has 0 heterocycles. The van der Waals surface area contributed by atoms with E-state index in [2.05, 4.69) is 31.9 Å². The quantitative estimate of drug-likeness (QED) is 0.0760. The normalized spacial score (nSPS) is 10.4. The molecule has 0 aliphatic rings. The molecule has 5 amide bonds. The first-order valence-corrected chi connectivity index (χ1v) is 14.0. The van der Waals surface area contributed by atoms with Crippen molar-refractivity contribution in [1.29, 1.82) is 0 Å². The maximum Gasteiger partial charge on any atom is 0.303 e. The Hall–Kier alpha value is -3.22. The van der Waals surface area contributed by atoms with Gasteiger partial charge in [-0.1, -0.05) is 19.3 Å². The summed E-state index contributed by atoms with van der Waals surface area (Å²) >= 11 is 0. The van der Waals surface area contributed by atoms with Gasteiger partial charge in [0.15, 0.2) is 0 Å². The van der Waals surface area contributed by atoms with E-state index in [-0.39, 0.29) is 55.6 Å². The lowest BCUT2D eigenvalue weighted by molar-refractivity contribution is -0.137. The first-order chi connectivity index (χ1) is 18.7. The van der Waals surface area contributed by atoms with Gasteiger partial charge in [-0.15, -0.1) is 0 Å². The van der Waals surface area contributed by atoms with Gasteiger partial charge in [0.25, 0.3) is 0 Å². The van der Waals surface area contributed by atoms with Gasteiger partial charge in [0.05, 0.1) is 19.6 Å². The summed E-state index contributed by atoms with van der Waals surface area (Å²) in [5.41, 5.74) is 0. The molecule has 0 saturated carbocycles. The Morgan fingerprint density at radius 3 is 1.33 bits per heavy atom. The van der Waals surface area contributed by atoms with Crippen molar-refractivity contribution in [3.63, 3.8) is 0 Å². The largest absolute Gasteiger partial charge is 0.481 e. The summed E-state index contributed by atoms with van der Waals surface area (Å²) in [5.74, 6) is -1.67. The van der Waals surface area contributed by atoms with Crippen molar-refractivity contribution < 1.29 is 33.9 Å². The van der Waals surface area contributed by atoms with Gasteiger partial charge in [0.2, 0.25) is 29.5 Å². The number of nitrogens with one attached hydrogen (secondary N) is 6. The third kappa shape index (κ3) is 26.2. The molecular formula is C26H48N6O7. The first kappa shape index (κ1) is 35.8. The number of carboxylic acid groups (broad SMARTS) is 1. The lowest BCUT2D eigenvalue weighted by Crippen LogP contribution is -2.43. The Balaban J connectivity index is 3.50. The van der Waals surface area contributed by atoms with E-state index in [1.807, 2.05) is 0 Å². The molecule has 0 aromatic carbocycles. The van der Waals surface area contributed by atoms with Crippen molar-refractivity contribution in [2.75, 3.05) is 45.8 Å². The van der Waals surface area contributed by atoms with Crippen molar-refractivity contribution in [2.45, 2.75) is 84.0 Å². The van der Waals surface area contributed by atoms with Crippen LogP contribution in [-0.2, 0) is 28.8 Å². The SMILES string of the molecule is CCNC(=O)CNCC(=O)NCC(=O)NCCCCCC(=O)NCCCCCC(=O)NCCCCCC(=O)O. The number of carboxylic acids is 1. The van der Waals surface area contributed by atoms with Crippen LogP contribution in [0, 0.1) is 0 Å². The minimum absolute atomic E-state index is 0.000348. The summed E-state index contributed by atoms with van der Waals surface area (Å²) in [4.78, 5) is 68.8. The zero-order valence-corrected chi connectivity index (χ0v) is 23.3. The van der Waals surface area contributed by atoms with Crippen LogP contribution in [0.1, 0.15) is 84.0 Å². The average Bonchev–Trinajstić information content (AvgIpc) is 2.88. The molecule has 13 nitrogen and oxygen atoms in total. The van der Waals surface area contributed by atoms with Crippen molar-refractivity contribution in [3.8, 4) is 0 Å². The molecule has 0 atom stereocenters. The topological polar surface area (TPSA) is 195 Å². The van der Waals surface area contributed by atoms with Gasteiger partial charge in [0, 0.05) is 45.4 Å². The van der Waals surface area contributed by atoms with Gasteiger partial charge in [-0.05, 0) is 45.4 Å². The Labute approximate surface area is 231 Å². The second-order valence-corrected chi connectivity index (χ2v) is 9.21. The number of likely N-dealkylation sites (N-methyl/N-ethyl adjacent to an activating group) is 1. The number of amides is 5. The van der Waals surface area contributed by atoms with Crippen LogP contribution in [0.4, 0.5) is 0 Å². The smallest absolute Gasteiger partial charge is 0.303 e. The number of carbonyl (C=O) groups is 6. The third-order valence-corrected chi connectivity index (χ3v) is 5.59. The number of carbonyl (C=O) groups excluding carboxylic acids is 5. The second-order valence-electron chi connectivity index (χ2n) is 9.21. The fourth-order valence-electron chi connectivity index (χ4n) is 3.47. The predicted molar refractivity (Wildman–Crippen MR) is 147 cm³/mol. The summed E-state index contributed by atoms with van der Waals surface area (Å²) in [5, 5.41) is 24.8. The van der Waals surface area contributed by atoms with E-state index < -0.39 is 5.97 Å². The lowest BCUT2D eigenvalue weighted by Gasteiger charge is -2.08. The minimum atomic E-state index is -0.795. The van der Waals surface area contributed by atoms with Crippen LogP contribution in [0.2, 0.25) is 0 Å². The highest BCUT2D eigenvalue weighted by Crippen LogP contribution is 2.02. The molecule has 0 saturated heterocycles. The van der Waals surface area contributed by atoms with E-state index in [1.54, 1.807) is 6.92 Å². The highest BCUT2D eigenvalue weighted by atomic mass is 16.4. The van der Waals surface area contributed by atoms with Crippen LogP contribution in [0.15, 0.2) is 0 Å². The highest BCUT2D eigenvalue weighted by Gasteiger charge is 2.07. The molecule has 0 aromatic heterocycles. The Morgan fingerprint density at radius 1 is 0.462 bits per heavy atom. The molecule has 0 spiro atoms. The van der Waals surface area contributed by atoms with Crippen LogP contribution in [0.5, 0.6) is 0 Å². The van der Waals surface area contributed by atoms with Gasteiger partial charge in [0.1, 0.15) is 0 Å². The zero-order chi connectivity index (χ0) is 29.1. The van der Waals surface area contributed by atoms with E-state index in [9.17, 15) is 28.8 Å². The van der Waals surface area contributed by atoms with Crippen LogP contribution in [0.3, 0.4) is 0 Å². The molecule has 0 bridgehead atoms. The van der Waals surface area contributed by atoms with Crippen LogP contribution < -0.4 is 31.9 Å². The monoisotopic (exact) mass is 556 g/mol. The van der Waals surface area contributed by atoms with Gasteiger partial charge < -0.3 is 31.7 Å². The number of aliphatic carboxylic acids is 1. The maximum atomic E-state index is 11.9. The standard InChI is InChI=1S/C26H48N6O7/c1-2-28-23(35)18-27-19-24(36)32-20-25(37)31-17-10-4-7-13-21(33)29-15-9-3-6-12-22(34)30-16-11-5-8-14-26(38)39/h27H,2-20H2,1H3,(H,28,35)(H,29,33)(H,30,34)(H,31,37)(H,32,36)(H,38,39). The van der Waals surface area contributed by atoms with E-state index >= 15 is 0 Å². The van der Waals surface area contributed by atoms with Crippen molar-refractivity contribution in [3.05, 3.63) is 0 Å². The van der Waals surface area contributed by atoms with Crippen molar-refractivity contribution >= 4 is 35.5 Å². The van der Waals surface area contributed by atoms with Gasteiger partial charge >= 0.3 is 5.97 Å². The van der Waals surface area contributed by atoms with Crippen LogP contribution in [0.25, 0.3) is 0 Å². The summed E-state index contributed by atoms with van der Waals surface area (Å²) in [6.45, 7) is 3.78. The number of hydrogen-bond donors (Lipinski definition) is 7. The number of hydrogen-bond acceptors (Lipinski definition) is 7. The second kappa shape index (κ2) is 25.1. The van der Waals surface area contributed by atoms with E-state index in [1.165, 1.54) is 0 Å². The van der Waals surface area contributed by atoms with Gasteiger partial charge in [-0.3, -0.25) is 34.1 Å². The maximum absolute atomic E-state index is 11.9. The number of rotatable bonds is 25. The lowest BCUT2D eigenvalue weighted by atomic mass is 10.1. The van der Waals surface area contributed by atoms with Crippen LogP contribution in [-0.4, -0.2) is 86.4 Å². The molecule has 0 aliphatic heterocycles. The summed E-state index contributed by atoms with van der Waals surface area (Å²) in [6, 6.07) is 0. The molecule has 39 heavy (non-hydrogen) atoms. The molecule has 0 fully saturated rings. The molecule has 224 valence electrons.